The maximum atomic E-state index is 11.8. The first-order valence-electron chi connectivity index (χ1n) is 5.01. The van der Waals surface area contributed by atoms with Crippen LogP contribution in [0.3, 0.4) is 0 Å². The van der Waals surface area contributed by atoms with E-state index in [9.17, 15) is 13.2 Å². The lowest BCUT2D eigenvalue weighted by molar-refractivity contribution is -0.138. The zero-order valence-corrected chi connectivity index (χ0v) is 9.98. The van der Waals surface area contributed by atoms with Gasteiger partial charge >= 0.3 is 6.18 Å². The molecule has 7 heteroatoms. The topological polar surface area (TPSA) is 35.0 Å². The van der Waals surface area contributed by atoms with E-state index in [1.807, 2.05) is 0 Å². The summed E-state index contributed by atoms with van der Waals surface area (Å²) in [5.74, 6) is 0.377. The van der Waals surface area contributed by atoms with E-state index in [2.05, 4.69) is 9.97 Å². The maximum Gasteiger partial charge on any atom is 0.389 e. The molecule has 0 aromatic carbocycles. The van der Waals surface area contributed by atoms with Crippen molar-refractivity contribution in [3.63, 3.8) is 0 Å². The van der Waals surface area contributed by atoms with E-state index in [-0.39, 0.29) is 19.6 Å². The van der Waals surface area contributed by atoms with Gasteiger partial charge in [-0.25, -0.2) is 9.97 Å². The second-order valence-corrected chi connectivity index (χ2v) is 3.91. The molecule has 0 aliphatic rings. The van der Waals surface area contributed by atoms with E-state index < -0.39 is 12.6 Å². The molecule has 3 nitrogen and oxygen atoms in total. The number of ether oxygens (including phenoxy) is 1. The average molecular weight is 269 g/mol. The molecule has 0 saturated heterocycles. The zero-order chi connectivity index (χ0) is 12.9. The van der Waals surface area contributed by atoms with Gasteiger partial charge in [-0.2, -0.15) is 13.2 Å². The second-order valence-electron chi connectivity index (χ2n) is 3.52. The Labute approximate surface area is 102 Å². The first-order valence-corrected chi connectivity index (χ1v) is 5.39. The third-order valence-corrected chi connectivity index (χ3v) is 2.04. The predicted octanol–water partition coefficient (Wildman–Crippen LogP) is 3.30. The summed E-state index contributed by atoms with van der Waals surface area (Å²) >= 11 is 5.69. The fourth-order valence-corrected chi connectivity index (χ4v) is 1.45. The zero-order valence-electron chi connectivity index (χ0n) is 9.22. The Balaban J connectivity index is 2.27. The molecule has 1 rings (SSSR count). The van der Waals surface area contributed by atoms with Crippen LogP contribution in [0.25, 0.3) is 0 Å². The number of hydrogen-bond donors (Lipinski definition) is 0. The minimum absolute atomic E-state index is 0.0223. The summed E-state index contributed by atoms with van der Waals surface area (Å²) in [6.07, 6.45) is -5.04. The Morgan fingerprint density at radius 3 is 2.65 bits per heavy atom. The summed E-state index contributed by atoms with van der Waals surface area (Å²) in [5.41, 5.74) is 0.693. The number of alkyl halides is 3. The monoisotopic (exact) mass is 268 g/mol. The minimum Gasteiger partial charge on any atom is -0.373 e. The van der Waals surface area contributed by atoms with Gasteiger partial charge in [-0.05, 0) is 19.4 Å². The summed E-state index contributed by atoms with van der Waals surface area (Å²) in [6, 6.07) is 1.59. The summed E-state index contributed by atoms with van der Waals surface area (Å²) < 4.78 is 40.5. The molecule has 1 heterocycles. The molecule has 0 spiro atoms. The van der Waals surface area contributed by atoms with Gasteiger partial charge < -0.3 is 4.74 Å². The fourth-order valence-electron chi connectivity index (χ4n) is 1.19. The molecular weight excluding hydrogens is 257 g/mol. The van der Waals surface area contributed by atoms with Gasteiger partial charge in [0.05, 0.1) is 0 Å². The van der Waals surface area contributed by atoms with Crippen molar-refractivity contribution in [2.75, 3.05) is 6.61 Å². The third-order valence-electron chi connectivity index (χ3n) is 1.85. The molecule has 0 fully saturated rings. The number of halogens is 4. The van der Waals surface area contributed by atoms with Crippen LogP contribution in [-0.2, 0) is 11.3 Å². The molecule has 0 radical (unpaired) electrons. The van der Waals surface area contributed by atoms with Gasteiger partial charge in [-0.1, -0.05) is 11.6 Å². The van der Waals surface area contributed by atoms with Crippen LogP contribution in [0, 0.1) is 6.92 Å². The first-order chi connectivity index (χ1) is 7.87. The van der Waals surface area contributed by atoms with Crippen molar-refractivity contribution < 1.29 is 17.9 Å². The van der Waals surface area contributed by atoms with Crippen molar-refractivity contribution in [1.82, 2.24) is 9.97 Å². The quantitative estimate of drug-likeness (QED) is 0.607. The highest BCUT2D eigenvalue weighted by Crippen LogP contribution is 2.21. The summed E-state index contributed by atoms with van der Waals surface area (Å²) in [7, 11) is 0. The lowest BCUT2D eigenvalue weighted by Gasteiger charge is -2.06. The fraction of sp³-hybridized carbons (Fsp3) is 0.600. The molecule has 1 aromatic heterocycles. The van der Waals surface area contributed by atoms with Crippen molar-refractivity contribution in [2.45, 2.75) is 32.5 Å². The molecule has 0 N–H and O–H groups in total. The van der Waals surface area contributed by atoms with E-state index >= 15 is 0 Å². The number of aromatic nitrogens is 2. The molecule has 0 atom stereocenters. The lowest BCUT2D eigenvalue weighted by Crippen LogP contribution is -2.09. The van der Waals surface area contributed by atoms with E-state index in [0.29, 0.717) is 16.7 Å². The molecule has 96 valence electrons. The number of rotatable bonds is 5. The molecule has 1 aromatic rings. The first kappa shape index (κ1) is 14.2. The van der Waals surface area contributed by atoms with Crippen LogP contribution < -0.4 is 0 Å². The molecule has 0 unspecified atom stereocenters. The molecule has 17 heavy (non-hydrogen) atoms. The van der Waals surface area contributed by atoms with E-state index in [1.54, 1.807) is 13.0 Å². The number of hydrogen-bond acceptors (Lipinski definition) is 3. The van der Waals surface area contributed by atoms with Crippen molar-refractivity contribution in [3.05, 3.63) is 22.7 Å². The van der Waals surface area contributed by atoms with Crippen LogP contribution in [0.4, 0.5) is 13.2 Å². The predicted molar refractivity (Wildman–Crippen MR) is 56.7 cm³/mol. The summed E-state index contributed by atoms with van der Waals surface area (Å²) in [6.45, 7) is 1.84. The summed E-state index contributed by atoms with van der Waals surface area (Å²) in [4.78, 5) is 7.93. The van der Waals surface area contributed by atoms with Gasteiger partial charge in [0.2, 0.25) is 0 Å². The van der Waals surface area contributed by atoms with Gasteiger partial charge in [0.15, 0.2) is 5.82 Å². The average Bonchev–Trinajstić information content (AvgIpc) is 2.13. The normalized spacial score (nSPS) is 11.8. The van der Waals surface area contributed by atoms with Crippen LogP contribution in [0.5, 0.6) is 0 Å². The van der Waals surface area contributed by atoms with Crippen LogP contribution in [-0.4, -0.2) is 22.8 Å². The Kier molecular flexibility index (Phi) is 5.14. The SMILES string of the molecule is Cc1cc(Cl)nc(COCCCC(F)(F)F)n1. The van der Waals surface area contributed by atoms with Crippen molar-refractivity contribution >= 4 is 11.6 Å². The highest BCUT2D eigenvalue weighted by Gasteiger charge is 2.25. The molecule has 0 bridgehead atoms. The maximum absolute atomic E-state index is 11.8. The number of aryl methyl sites for hydroxylation is 1. The van der Waals surface area contributed by atoms with Crippen molar-refractivity contribution in [1.29, 1.82) is 0 Å². The van der Waals surface area contributed by atoms with Gasteiger partial charge in [-0.15, -0.1) is 0 Å². The molecular formula is C10H12ClF3N2O. The van der Waals surface area contributed by atoms with Gasteiger partial charge in [-0.3, -0.25) is 0 Å². The Hall–Kier alpha value is -0.880. The lowest BCUT2D eigenvalue weighted by atomic mass is 10.3. The van der Waals surface area contributed by atoms with E-state index in [1.165, 1.54) is 0 Å². The molecule has 0 amide bonds. The smallest absolute Gasteiger partial charge is 0.373 e. The molecule has 0 saturated carbocycles. The Morgan fingerprint density at radius 2 is 2.06 bits per heavy atom. The number of nitrogens with zero attached hydrogens (tertiary/aromatic N) is 2. The third kappa shape index (κ3) is 6.43. The molecule has 0 aliphatic heterocycles. The Bertz CT molecular complexity index is 351. The van der Waals surface area contributed by atoms with E-state index in [0.717, 1.165) is 0 Å². The highest BCUT2D eigenvalue weighted by atomic mass is 35.5. The largest absolute Gasteiger partial charge is 0.389 e. The van der Waals surface area contributed by atoms with Crippen LogP contribution in [0.15, 0.2) is 6.07 Å². The summed E-state index contributed by atoms with van der Waals surface area (Å²) in [5, 5.41) is 0.298. The van der Waals surface area contributed by atoms with Crippen LogP contribution >= 0.6 is 11.6 Å². The minimum atomic E-state index is -4.13. The van der Waals surface area contributed by atoms with Crippen LogP contribution in [0.2, 0.25) is 5.15 Å². The van der Waals surface area contributed by atoms with Crippen LogP contribution in [0.1, 0.15) is 24.4 Å². The van der Waals surface area contributed by atoms with Crippen molar-refractivity contribution in [3.8, 4) is 0 Å². The van der Waals surface area contributed by atoms with Gasteiger partial charge in [0, 0.05) is 18.7 Å². The highest BCUT2D eigenvalue weighted by molar-refractivity contribution is 6.29. The van der Waals surface area contributed by atoms with E-state index in [4.69, 9.17) is 16.3 Å². The standard InChI is InChI=1S/C10H12ClF3N2O/c1-7-5-8(11)16-9(15-7)6-17-4-2-3-10(12,13)14/h5H,2-4,6H2,1H3. The Morgan fingerprint density at radius 1 is 1.35 bits per heavy atom. The molecule has 0 aliphatic carbocycles. The van der Waals surface area contributed by atoms with Gasteiger partial charge in [0.25, 0.3) is 0 Å². The second kappa shape index (κ2) is 6.16. The van der Waals surface area contributed by atoms with Gasteiger partial charge in [0.1, 0.15) is 11.8 Å². The van der Waals surface area contributed by atoms with Crippen molar-refractivity contribution in [2.24, 2.45) is 0 Å².